The summed E-state index contributed by atoms with van der Waals surface area (Å²) in [6.07, 6.45) is 1.64. The fourth-order valence-electron chi connectivity index (χ4n) is 1.29. The van der Waals surface area contributed by atoms with Crippen LogP contribution >= 0.6 is 24.0 Å². The number of rotatable bonds is 4. The Hall–Kier alpha value is -0.840. The Morgan fingerprint density at radius 3 is 2.76 bits per heavy atom. The molecule has 17 heavy (non-hydrogen) atoms. The fraction of sp³-hybridized carbons (Fsp3) is 0.455. The van der Waals surface area contributed by atoms with Crippen LogP contribution in [-0.2, 0) is 11.3 Å². The third kappa shape index (κ3) is 4.89. The number of likely N-dealkylation sites (N-methyl/N-ethyl adjacent to an activating group) is 1. The Labute approximate surface area is 113 Å². The molecule has 1 N–H and O–H groups in total. The number of hydrogen-bond donors (Lipinski definition) is 1. The summed E-state index contributed by atoms with van der Waals surface area (Å²) in [5, 5.41) is 3.58. The average molecular weight is 278 g/mol. The second kappa shape index (κ2) is 7.48. The first-order chi connectivity index (χ1) is 7.52. The molecule has 0 aromatic carbocycles. The molecule has 4 nitrogen and oxygen atoms in total. The molecule has 1 amide bonds. The van der Waals surface area contributed by atoms with Crippen LogP contribution < -0.4 is 5.32 Å². The van der Waals surface area contributed by atoms with Crippen LogP contribution in [0.15, 0.2) is 18.3 Å². The van der Waals surface area contributed by atoms with Crippen LogP contribution in [0.3, 0.4) is 0 Å². The van der Waals surface area contributed by atoms with Gasteiger partial charge in [0.25, 0.3) is 0 Å². The Morgan fingerprint density at radius 1 is 1.59 bits per heavy atom. The van der Waals surface area contributed by atoms with Crippen molar-refractivity contribution in [3.8, 4) is 0 Å². The summed E-state index contributed by atoms with van der Waals surface area (Å²) in [5.74, 6) is 0.0417. The van der Waals surface area contributed by atoms with Gasteiger partial charge in [0, 0.05) is 32.4 Å². The highest BCUT2D eigenvalue weighted by molar-refractivity contribution is 6.30. The van der Waals surface area contributed by atoms with E-state index in [2.05, 4.69) is 10.3 Å². The highest BCUT2D eigenvalue weighted by Gasteiger charge is 2.14. The largest absolute Gasteiger partial charge is 0.347 e. The first kappa shape index (κ1) is 16.2. The molecule has 0 saturated carbocycles. The number of aromatic nitrogens is 1. The van der Waals surface area contributed by atoms with Crippen molar-refractivity contribution in [1.82, 2.24) is 15.2 Å². The van der Waals surface area contributed by atoms with Crippen molar-refractivity contribution in [2.75, 3.05) is 14.1 Å². The van der Waals surface area contributed by atoms with Gasteiger partial charge in [-0.1, -0.05) is 17.7 Å². The van der Waals surface area contributed by atoms with Crippen LogP contribution in [0.4, 0.5) is 0 Å². The molecule has 1 aromatic heterocycles. The van der Waals surface area contributed by atoms with E-state index in [4.69, 9.17) is 11.6 Å². The number of halogens is 2. The standard InChI is InChI=1S/C11H16ClN3O.ClH/c1-8(11(16)15(2)3)14-7-9-5-4-6-13-10(9)12;/h4-6,8,14H,7H2,1-3H3;1H/t8-;/m1./s1. The van der Waals surface area contributed by atoms with Crippen LogP contribution in [0, 0.1) is 0 Å². The quantitative estimate of drug-likeness (QED) is 0.853. The number of hydrogen-bond acceptors (Lipinski definition) is 3. The second-order valence-electron chi connectivity index (χ2n) is 3.79. The minimum absolute atomic E-state index is 0. The van der Waals surface area contributed by atoms with Gasteiger partial charge in [-0.05, 0) is 13.0 Å². The van der Waals surface area contributed by atoms with E-state index < -0.39 is 0 Å². The average Bonchev–Trinajstić information content (AvgIpc) is 2.26. The van der Waals surface area contributed by atoms with Crippen molar-refractivity contribution in [1.29, 1.82) is 0 Å². The van der Waals surface area contributed by atoms with Gasteiger partial charge in [-0.15, -0.1) is 12.4 Å². The maximum absolute atomic E-state index is 11.6. The molecular formula is C11H17Cl2N3O. The second-order valence-corrected chi connectivity index (χ2v) is 4.15. The van der Waals surface area contributed by atoms with Crippen molar-refractivity contribution in [3.63, 3.8) is 0 Å². The van der Waals surface area contributed by atoms with E-state index in [1.807, 2.05) is 19.1 Å². The van der Waals surface area contributed by atoms with Gasteiger partial charge >= 0.3 is 0 Å². The van der Waals surface area contributed by atoms with Gasteiger partial charge in [0.2, 0.25) is 5.91 Å². The van der Waals surface area contributed by atoms with E-state index in [-0.39, 0.29) is 24.4 Å². The van der Waals surface area contributed by atoms with Gasteiger partial charge in [-0.3, -0.25) is 4.79 Å². The summed E-state index contributed by atoms with van der Waals surface area (Å²) in [7, 11) is 3.47. The molecular weight excluding hydrogens is 261 g/mol. The molecule has 0 unspecified atom stereocenters. The summed E-state index contributed by atoms with van der Waals surface area (Å²) in [5.41, 5.74) is 0.891. The normalized spacial score (nSPS) is 11.5. The van der Waals surface area contributed by atoms with E-state index in [9.17, 15) is 4.79 Å². The predicted molar refractivity (Wildman–Crippen MR) is 71.5 cm³/mol. The van der Waals surface area contributed by atoms with Crippen molar-refractivity contribution in [2.45, 2.75) is 19.5 Å². The molecule has 0 fully saturated rings. The number of carbonyl (C=O) groups is 1. The minimum Gasteiger partial charge on any atom is -0.347 e. The Bertz CT molecular complexity index is 371. The smallest absolute Gasteiger partial charge is 0.238 e. The van der Waals surface area contributed by atoms with Crippen molar-refractivity contribution < 1.29 is 4.79 Å². The van der Waals surface area contributed by atoms with E-state index in [0.29, 0.717) is 11.7 Å². The lowest BCUT2D eigenvalue weighted by molar-refractivity contribution is -0.130. The molecule has 0 radical (unpaired) electrons. The van der Waals surface area contributed by atoms with Crippen molar-refractivity contribution in [3.05, 3.63) is 29.0 Å². The molecule has 0 saturated heterocycles. The first-order valence-electron chi connectivity index (χ1n) is 5.06. The number of carbonyl (C=O) groups excluding carboxylic acids is 1. The predicted octanol–water partition coefficient (Wildman–Crippen LogP) is 1.72. The molecule has 0 spiro atoms. The third-order valence-electron chi connectivity index (χ3n) is 2.25. The molecule has 1 aromatic rings. The van der Waals surface area contributed by atoms with Gasteiger partial charge in [0.1, 0.15) is 5.15 Å². The fourth-order valence-corrected chi connectivity index (χ4v) is 1.48. The van der Waals surface area contributed by atoms with E-state index in [1.165, 1.54) is 0 Å². The van der Waals surface area contributed by atoms with Crippen molar-refractivity contribution >= 4 is 29.9 Å². The van der Waals surface area contributed by atoms with E-state index in [1.54, 1.807) is 25.2 Å². The zero-order valence-electron chi connectivity index (χ0n) is 10.1. The van der Waals surface area contributed by atoms with Gasteiger partial charge in [-0.25, -0.2) is 4.98 Å². The van der Waals surface area contributed by atoms with E-state index >= 15 is 0 Å². The van der Waals surface area contributed by atoms with Crippen LogP contribution in [0.25, 0.3) is 0 Å². The van der Waals surface area contributed by atoms with Gasteiger partial charge in [0.15, 0.2) is 0 Å². The lowest BCUT2D eigenvalue weighted by atomic mass is 10.2. The Morgan fingerprint density at radius 2 is 2.24 bits per heavy atom. The summed E-state index contributed by atoms with van der Waals surface area (Å²) >= 11 is 5.90. The SMILES string of the molecule is C[C@@H](NCc1cccnc1Cl)C(=O)N(C)C.Cl. The maximum atomic E-state index is 11.6. The maximum Gasteiger partial charge on any atom is 0.238 e. The Kier molecular flexibility index (Phi) is 7.11. The topological polar surface area (TPSA) is 45.2 Å². The van der Waals surface area contributed by atoms with Gasteiger partial charge < -0.3 is 10.2 Å². The zero-order chi connectivity index (χ0) is 12.1. The first-order valence-corrected chi connectivity index (χ1v) is 5.44. The number of nitrogens with one attached hydrogen (secondary N) is 1. The molecule has 1 rings (SSSR count). The molecule has 96 valence electrons. The zero-order valence-corrected chi connectivity index (χ0v) is 11.7. The summed E-state index contributed by atoms with van der Waals surface area (Å²) in [4.78, 5) is 17.1. The summed E-state index contributed by atoms with van der Waals surface area (Å²) in [6.45, 7) is 2.36. The van der Waals surface area contributed by atoms with Crippen LogP contribution in [0.1, 0.15) is 12.5 Å². The molecule has 0 bridgehead atoms. The monoisotopic (exact) mass is 277 g/mol. The van der Waals surface area contributed by atoms with Crippen molar-refractivity contribution in [2.24, 2.45) is 0 Å². The Balaban J connectivity index is 0.00000256. The molecule has 1 atom stereocenters. The lowest BCUT2D eigenvalue weighted by Crippen LogP contribution is -2.41. The number of pyridine rings is 1. The van der Waals surface area contributed by atoms with Crippen LogP contribution in [0.2, 0.25) is 5.15 Å². The minimum atomic E-state index is -0.230. The molecule has 0 aliphatic carbocycles. The van der Waals surface area contributed by atoms with Gasteiger partial charge in [-0.2, -0.15) is 0 Å². The molecule has 0 aliphatic rings. The molecule has 6 heteroatoms. The van der Waals surface area contributed by atoms with E-state index in [0.717, 1.165) is 5.56 Å². The summed E-state index contributed by atoms with van der Waals surface area (Å²) < 4.78 is 0. The number of nitrogens with zero attached hydrogens (tertiary/aromatic N) is 2. The van der Waals surface area contributed by atoms with Crippen LogP contribution in [0.5, 0.6) is 0 Å². The molecule has 1 heterocycles. The molecule has 0 aliphatic heterocycles. The van der Waals surface area contributed by atoms with Gasteiger partial charge in [0.05, 0.1) is 6.04 Å². The highest BCUT2D eigenvalue weighted by Crippen LogP contribution is 2.11. The lowest BCUT2D eigenvalue weighted by Gasteiger charge is -2.18. The highest BCUT2D eigenvalue weighted by atomic mass is 35.5. The van der Waals surface area contributed by atoms with Crippen LogP contribution in [-0.4, -0.2) is 35.9 Å². The summed E-state index contributed by atoms with van der Waals surface area (Å²) in [6, 6.07) is 3.47. The third-order valence-corrected chi connectivity index (χ3v) is 2.59. The number of amides is 1.